The Hall–Kier alpha value is -3.12. The van der Waals surface area contributed by atoms with E-state index in [1.807, 2.05) is 67.6 Å². The Balaban J connectivity index is 1.61. The quantitative estimate of drug-likeness (QED) is 0.420. The molecular weight excluding hydrogens is 338 g/mol. The molecule has 27 heavy (non-hydrogen) atoms. The van der Waals surface area contributed by atoms with Gasteiger partial charge in [0.25, 0.3) is 0 Å². The number of para-hydroxylation sites is 1. The molecule has 0 aliphatic carbocycles. The topological polar surface area (TPSA) is 82.1 Å². The minimum absolute atomic E-state index is 0.215. The van der Waals surface area contributed by atoms with Crippen LogP contribution in [-0.2, 0) is 0 Å². The molecule has 0 spiro atoms. The van der Waals surface area contributed by atoms with Crippen LogP contribution in [-0.4, -0.2) is 28.2 Å². The van der Waals surface area contributed by atoms with Crippen molar-refractivity contribution in [3.8, 4) is 0 Å². The second kappa shape index (κ2) is 9.54. The van der Waals surface area contributed by atoms with Crippen LogP contribution >= 0.6 is 0 Å². The zero-order valence-electron chi connectivity index (χ0n) is 15.4. The second-order valence-electron chi connectivity index (χ2n) is 6.27. The first kappa shape index (κ1) is 18.7. The zero-order chi connectivity index (χ0) is 18.9. The number of aromatic nitrogens is 2. The summed E-state index contributed by atoms with van der Waals surface area (Å²) in [4.78, 5) is 8.95. The van der Waals surface area contributed by atoms with E-state index in [0.29, 0.717) is 5.95 Å². The highest BCUT2D eigenvalue weighted by molar-refractivity contribution is 5.64. The van der Waals surface area contributed by atoms with Crippen molar-refractivity contribution in [3.63, 3.8) is 0 Å². The van der Waals surface area contributed by atoms with Crippen molar-refractivity contribution in [1.82, 2.24) is 9.97 Å². The van der Waals surface area contributed by atoms with Crippen LogP contribution in [0.25, 0.3) is 0 Å². The summed E-state index contributed by atoms with van der Waals surface area (Å²) < 4.78 is 0. The van der Waals surface area contributed by atoms with Gasteiger partial charge in [-0.05, 0) is 56.2 Å². The van der Waals surface area contributed by atoms with Crippen LogP contribution in [0.5, 0.6) is 0 Å². The van der Waals surface area contributed by atoms with Crippen LogP contribution in [0.1, 0.15) is 18.5 Å². The molecule has 4 N–H and O–H groups in total. The number of aliphatic hydroxyl groups excluding tert-OH is 1. The molecule has 0 amide bonds. The molecule has 0 atom stereocenters. The molecule has 1 aromatic heterocycles. The fourth-order valence-electron chi connectivity index (χ4n) is 2.62. The normalized spacial score (nSPS) is 10.4. The van der Waals surface area contributed by atoms with Gasteiger partial charge in [-0.25, -0.2) is 4.98 Å². The lowest BCUT2D eigenvalue weighted by Crippen LogP contribution is -2.07. The summed E-state index contributed by atoms with van der Waals surface area (Å²) >= 11 is 0. The Labute approximate surface area is 159 Å². The van der Waals surface area contributed by atoms with Gasteiger partial charge in [-0.15, -0.1) is 0 Å². The predicted molar refractivity (Wildman–Crippen MR) is 111 cm³/mol. The van der Waals surface area contributed by atoms with Crippen LogP contribution in [0.3, 0.4) is 0 Å². The first-order chi connectivity index (χ1) is 13.2. The van der Waals surface area contributed by atoms with E-state index in [0.717, 1.165) is 48.0 Å². The summed E-state index contributed by atoms with van der Waals surface area (Å²) in [6, 6.07) is 20.0. The summed E-state index contributed by atoms with van der Waals surface area (Å²) in [6.45, 7) is 2.93. The Morgan fingerprint density at radius 3 is 2.19 bits per heavy atom. The number of hydrogen-bond donors (Lipinski definition) is 4. The van der Waals surface area contributed by atoms with Gasteiger partial charge < -0.3 is 21.1 Å². The van der Waals surface area contributed by atoms with Crippen molar-refractivity contribution in [2.45, 2.75) is 19.8 Å². The van der Waals surface area contributed by atoms with Gasteiger partial charge in [0, 0.05) is 42.0 Å². The third-order valence-corrected chi connectivity index (χ3v) is 3.95. The van der Waals surface area contributed by atoms with Crippen LogP contribution in [0.15, 0.2) is 60.7 Å². The van der Waals surface area contributed by atoms with Gasteiger partial charge in [-0.1, -0.05) is 18.2 Å². The van der Waals surface area contributed by atoms with Gasteiger partial charge in [0.1, 0.15) is 5.82 Å². The Morgan fingerprint density at radius 2 is 1.48 bits per heavy atom. The van der Waals surface area contributed by atoms with E-state index in [1.54, 1.807) is 0 Å². The molecule has 140 valence electrons. The highest BCUT2D eigenvalue weighted by Gasteiger charge is 2.03. The maximum absolute atomic E-state index is 8.85. The summed E-state index contributed by atoms with van der Waals surface area (Å²) in [5.41, 5.74) is 3.88. The van der Waals surface area contributed by atoms with E-state index in [4.69, 9.17) is 5.11 Å². The van der Waals surface area contributed by atoms with Crippen LogP contribution in [0.4, 0.5) is 28.8 Å². The number of benzene rings is 2. The number of anilines is 5. The maximum Gasteiger partial charge on any atom is 0.229 e. The van der Waals surface area contributed by atoms with E-state index in [2.05, 4.69) is 25.9 Å². The van der Waals surface area contributed by atoms with E-state index < -0.39 is 0 Å². The summed E-state index contributed by atoms with van der Waals surface area (Å²) in [6.07, 6.45) is 1.68. The van der Waals surface area contributed by atoms with Gasteiger partial charge in [0.05, 0.1) is 0 Å². The molecular formula is C21H25N5O. The van der Waals surface area contributed by atoms with Crippen molar-refractivity contribution in [2.24, 2.45) is 0 Å². The molecule has 1 heterocycles. The summed E-state index contributed by atoms with van der Waals surface area (Å²) in [7, 11) is 0. The van der Waals surface area contributed by atoms with Gasteiger partial charge in [-0.3, -0.25) is 0 Å². The Morgan fingerprint density at radius 1 is 0.815 bits per heavy atom. The highest BCUT2D eigenvalue weighted by atomic mass is 16.2. The van der Waals surface area contributed by atoms with Crippen molar-refractivity contribution in [2.75, 3.05) is 29.1 Å². The predicted octanol–water partition coefficient (Wildman–Crippen LogP) is 4.46. The molecule has 0 fully saturated rings. The molecule has 2 aromatic carbocycles. The minimum Gasteiger partial charge on any atom is -0.396 e. The van der Waals surface area contributed by atoms with Gasteiger partial charge in [-0.2, -0.15) is 4.98 Å². The Kier molecular flexibility index (Phi) is 6.60. The number of rotatable bonds is 9. The van der Waals surface area contributed by atoms with Gasteiger partial charge >= 0.3 is 0 Å². The summed E-state index contributed by atoms with van der Waals surface area (Å²) in [5.74, 6) is 1.34. The summed E-state index contributed by atoms with van der Waals surface area (Å²) in [5, 5.41) is 18.7. The molecule has 0 bridgehead atoms. The minimum atomic E-state index is 0.215. The second-order valence-corrected chi connectivity index (χ2v) is 6.27. The third-order valence-electron chi connectivity index (χ3n) is 3.95. The molecule has 3 rings (SSSR count). The monoisotopic (exact) mass is 363 g/mol. The van der Waals surface area contributed by atoms with Crippen molar-refractivity contribution in [1.29, 1.82) is 0 Å². The molecule has 6 heteroatoms. The molecule has 0 aliphatic rings. The maximum atomic E-state index is 8.85. The van der Waals surface area contributed by atoms with E-state index in [-0.39, 0.29) is 6.61 Å². The number of aryl methyl sites for hydroxylation is 1. The van der Waals surface area contributed by atoms with Gasteiger partial charge in [0.15, 0.2) is 0 Å². The van der Waals surface area contributed by atoms with Crippen LogP contribution in [0, 0.1) is 6.92 Å². The number of nitrogens with one attached hydrogen (secondary N) is 3. The smallest absolute Gasteiger partial charge is 0.229 e. The molecule has 0 unspecified atom stereocenters. The first-order valence-corrected chi connectivity index (χ1v) is 9.12. The SMILES string of the molecule is Cc1cc(NCCCCO)nc(Nc2ccc(Nc3ccccc3)cc2)n1. The lowest BCUT2D eigenvalue weighted by atomic mass is 10.2. The largest absolute Gasteiger partial charge is 0.396 e. The molecule has 3 aromatic rings. The number of nitrogens with zero attached hydrogens (tertiary/aromatic N) is 2. The number of hydrogen-bond acceptors (Lipinski definition) is 6. The lowest BCUT2D eigenvalue weighted by molar-refractivity contribution is 0.286. The molecule has 0 aliphatic heterocycles. The number of unbranched alkanes of at least 4 members (excludes halogenated alkanes) is 1. The first-order valence-electron chi connectivity index (χ1n) is 9.12. The fourth-order valence-corrected chi connectivity index (χ4v) is 2.62. The van der Waals surface area contributed by atoms with E-state index >= 15 is 0 Å². The molecule has 0 saturated heterocycles. The van der Waals surface area contributed by atoms with Crippen LogP contribution in [0.2, 0.25) is 0 Å². The molecule has 6 nitrogen and oxygen atoms in total. The average molecular weight is 363 g/mol. The zero-order valence-corrected chi connectivity index (χ0v) is 15.4. The highest BCUT2D eigenvalue weighted by Crippen LogP contribution is 2.21. The van der Waals surface area contributed by atoms with E-state index in [1.165, 1.54) is 0 Å². The fraction of sp³-hybridized carbons (Fsp3) is 0.238. The van der Waals surface area contributed by atoms with Crippen molar-refractivity contribution in [3.05, 3.63) is 66.4 Å². The molecule has 0 radical (unpaired) electrons. The lowest BCUT2D eigenvalue weighted by Gasteiger charge is -2.11. The molecule has 0 saturated carbocycles. The Bertz CT molecular complexity index is 837. The standard InChI is InChI=1S/C21H25N5O/c1-16-15-20(22-13-5-6-14-27)26-21(23-16)25-19-11-9-18(10-12-19)24-17-7-3-2-4-8-17/h2-4,7-12,15,24,27H,5-6,13-14H2,1H3,(H2,22,23,25,26). The van der Waals surface area contributed by atoms with Gasteiger partial charge in [0.2, 0.25) is 5.95 Å². The third kappa shape index (κ3) is 5.97. The van der Waals surface area contributed by atoms with Crippen molar-refractivity contribution < 1.29 is 5.11 Å². The van der Waals surface area contributed by atoms with Crippen LogP contribution < -0.4 is 16.0 Å². The number of aliphatic hydroxyl groups is 1. The van der Waals surface area contributed by atoms with E-state index in [9.17, 15) is 0 Å². The average Bonchev–Trinajstić information content (AvgIpc) is 2.67. The van der Waals surface area contributed by atoms with Crippen molar-refractivity contribution >= 4 is 28.8 Å².